The summed E-state index contributed by atoms with van der Waals surface area (Å²) < 4.78 is 0. The minimum absolute atomic E-state index is 0.399. The second kappa shape index (κ2) is 6.27. The van der Waals surface area contributed by atoms with Gasteiger partial charge in [-0.2, -0.15) is 0 Å². The van der Waals surface area contributed by atoms with Gasteiger partial charge in [-0.1, -0.05) is 49.9 Å². The minimum Gasteiger partial charge on any atom is -0.389 e. The fraction of sp³-hybridized carbons (Fsp3) is 0.294. The normalized spacial score (nSPS) is 12.7. The van der Waals surface area contributed by atoms with Gasteiger partial charge >= 0.3 is 0 Å². The lowest BCUT2D eigenvalue weighted by Crippen LogP contribution is -1.89. The maximum Gasteiger partial charge on any atom is 0.0761 e. The number of benzene rings is 2. The van der Waals surface area contributed by atoms with E-state index in [0.717, 1.165) is 5.56 Å². The Morgan fingerprint density at radius 1 is 0.737 bits per heavy atom. The summed E-state index contributed by atoms with van der Waals surface area (Å²) in [6.07, 6.45) is -0.399. The van der Waals surface area contributed by atoms with Crippen molar-refractivity contribution in [2.24, 2.45) is 0 Å². The SMILES string of the molecule is CC(C)c1ccc(Sc2ccc([C@H](C)O)cc2)cc1. The Hall–Kier alpha value is -1.25. The van der Waals surface area contributed by atoms with Crippen molar-refractivity contribution >= 4 is 11.8 Å². The maximum absolute atomic E-state index is 9.48. The van der Waals surface area contributed by atoms with Crippen LogP contribution in [0.5, 0.6) is 0 Å². The molecule has 0 aliphatic carbocycles. The Kier molecular flexibility index (Phi) is 4.67. The highest BCUT2D eigenvalue weighted by Gasteiger charge is 2.03. The molecule has 0 radical (unpaired) electrons. The zero-order valence-electron chi connectivity index (χ0n) is 11.6. The molecule has 0 spiro atoms. The van der Waals surface area contributed by atoms with Crippen molar-refractivity contribution in [3.8, 4) is 0 Å². The second-order valence-electron chi connectivity index (χ2n) is 5.07. The van der Waals surface area contributed by atoms with Crippen molar-refractivity contribution in [2.75, 3.05) is 0 Å². The predicted molar refractivity (Wildman–Crippen MR) is 81.7 cm³/mol. The molecule has 0 unspecified atom stereocenters. The van der Waals surface area contributed by atoms with E-state index in [9.17, 15) is 5.11 Å². The molecule has 0 amide bonds. The third-order valence-electron chi connectivity index (χ3n) is 3.14. The van der Waals surface area contributed by atoms with Crippen molar-refractivity contribution in [2.45, 2.75) is 42.6 Å². The fourth-order valence-electron chi connectivity index (χ4n) is 1.87. The average molecular weight is 272 g/mol. The molecule has 2 heteroatoms. The molecule has 0 aromatic heterocycles. The first kappa shape index (κ1) is 14.2. The molecule has 0 saturated carbocycles. The van der Waals surface area contributed by atoms with E-state index in [2.05, 4.69) is 50.2 Å². The van der Waals surface area contributed by atoms with Crippen molar-refractivity contribution in [1.29, 1.82) is 0 Å². The van der Waals surface area contributed by atoms with E-state index in [1.54, 1.807) is 18.7 Å². The number of rotatable bonds is 4. The lowest BCUT2D eigenvalue weighted by Gasteiger charge is -2.08. The summed E-state index contributed by atoms with van der Waals surface area (Å²) in [5.41, 5.74) is 2.33. The molecule has 0 bridgehead atoms. The van der Waals surface area contributed by atoms with Gasteiger partial charge in [0.25, 0.3) is 0 Å². The summed E-state index contributed by atoms with van der Waals surface area (Å²) in [6, 6.07) is 16.8. The van der Waals surface area contributed by atoms with Crippen LogP contribution in [0.4, 0.5) is 0 Å². The summed E-state index contributed by atoms with van der Waals surface area (Å²) in [5, 5.41) is 9.48. The molecule has 2 rings (SSSR count). The van der Waals surface area contributed by atoms with Gasteiger partial charge in [0.1, 0.15) is 0 Å². The van der Waals surface area contributed by atoms with Gasteiger partial charge in [0.2, 0.25) is 0 Å². The molecule has 1 N–H and O–H groups in total. The van der Waals surface area contributed by atoms with Gasteiger partial charge in [-0.25, -0.2) is 0 Å². The number of hydrogen-bond acceptors (Lipinski definition) is 2. The van der Waals surface area contributed by atoms with Crippen LogP contribution in [0.3, 0.4) is 0 Å². The van der Waals surface area contributed by atoms with Gasteiger partial charge in [0.05, 0.1) is 6.10 Å². The van der Waals surface area contributed by atoms with Crippen molar-refractivity contribution in [3.05, 3.63) is 59.7 Å². The quantitative estimate of drug-likeness (QED) is 0.843. The largest absolute Gasteiger partial charge is 0.389 e. The summed E-state index contributed by atoms with van der Waals surface area (Å²) in [7, 11) is 0. The van der Waals surface area contributed by atoms with Gasteiger partial charge in [-0.05, 0) is 48.2 Å². The van der Waals surface area contributed by atoms with Crippen molar-refractivity contribution < 1.29 is 5.11 Å². The number of aliphatic hydroxyl groups excluding tert-OH is 1. The Morgan fingerprint density at radius 3 is 1.53 bits per heavy atom. The van der Waals surface area contributed by atoms with Gasteiger partial charge in [0.15, 0.2) is 0 Å². The molecule has 1 nitrogen and oxygen atoms in total. The van der Waals surface area contributed by atoms with E-state index in [4.69, 9.17) is 0 Å². The van der Waals surface area contributed by atoms with Crippen LogP contribution in [0.2, 0.25) is 0 Å². The number of hydrogen-bond donors (Lipinski definition) is 1. The van der Waals surface area contributed by atoms with Gasteiger partial charge in [0, 0.05) is 9.79 Å². The fourth-order valence-corrected chi connectivity index (χ4v) is 2.69. The predicted octanol–water partition coefficient (Wildman–Crippen LogP) is 5.01. The molecule has 0 saturated heterocycles. The van der Waals surface area contributed by atoms with E-state index in [0.29, 0.717) is 5.92 Å². The van der Waals surface area contributed by atoms with Crippen LogP contribution in [0.15, 0.2) is 58.3 Å². The van der Waals surface area contributed by atoms with E-state index in [-0.39, 0.29) is 0 Å². The molecule has 0 aliphatic heterocycles. The smallest absolute Gasteiger partial charge is 0.0761 e. The standard InChI is InChI=1S/C17H20OS/c1-12(2)14-4-8-16(9-5-14)19-17-10-6-15(7-11-17)13(3)18/h4-13,18H,1-3H3/t13-/m0/s1. The molecule has 19 heavy (non-hydrogen) atoms. The van der Waals surface area contributed by atoms with Crippen LogP contribution in [0, 0.1) is 0 Å². The lowest BCUT2D eigenvalue weighted by molar-refractivity contribution is 0.199. The van der Waals surface area contributed by atoms with E-state index in [1.165, 1.54) is 15.4 Å². The summed E-state index contributed by atoms with van der Waals surface area (Å²) in [4.78, 5) is 2.44. The number of aliphatic hydroxyl groups is 1. The second-order valence-corrected chi connectivity index (χ2v) is 6.22. The van der Waals surface area contributed by atoms with Crippen LogP contribution >= 0.6 is 11.8 Å². The Labute approximate surface area is 119 Å². The summed E-state index contributed by atoms with van der Waals surface area (Å²) in [5.74, 6) is 0.573. The molecule has 0 heterocycles. The highest BCUT2D eigenvalue weighted by Crippen LogP contribution is 2.29. The third-order valence-corrected chi connectivity index (χ3v) is 4.16. The van der Waals surface area contributed by atoms with Crippen LogP contribution in [-0.2, 0) is 0 Å². The Morgan fingerprint density at radius 2 is 1.16 bits per heavy atom. The zero-order valence-corrected chi connectivity index (χ0v) is 12.4. The highest BCUT2D eigenvalue weighted by atomic mass is 32.2. The Bertz CT molecular complexity index is 462. The van der Waals surface area contributed by atoms with E-state index < -0.39 is 6.10 Å². The lowest BCUT2D eigenvalue weighted by atomic mass is 10.0. The van der Waals surface area contributed by atoms with E-state index >= 15 is 0 Å². The topological polar surface area (TPSA) is 20.2 Å². The Balaban J connectivity index is 2.08. The van der Waals surface area contributed by atoms with Gasteiger partial charge < -0.3 is 5.11 Å². The van der Waals surface area contributed by atoms with Crippen LogP contribution in [0.1, 0.15) is 43.9 Å². The molecule has 2 aromatic carbocycles. The van der Waals surface area contributed by atoms with Crippen LogP contribution < -0.4 is 0 Å². The van der Waals surface area contributed by atoms with Crippen molar-refractivity contribution in [1.82, 2.24) is 0 Å². The molecular weight excluding hydrogens is 252 g/mol. The first-order valence-electron chi connectivity index (χ1n) is 6.62. The summed E-state index contributed by atoms with van der Waals surface area (Å²) in [6.45, 7) is 6.20. The maximum atomic E-state index is 9.48. The molecule has 0 fully saturated rings. The highest BCUT2D eigenvalue weighted by molar-refractivity contribution is 7.99. The van der Waals surface area contributed by atoms with Gasteiger partial charge in [-0.15, -0.1) is 0 Å². The summed E-state index contributed by atoms with van der Waals surface area (Å²) >= 11 is 1.75. The molecule has 2 aromatic rings. The average Bonchev–Trinajstić information content (AvgIpc) is 2.40. The van der Waals surface area contributed by atoms with Crippen molar-refractivity contribution in [3.63, 3.8) is 0 Å². The molecule has 100 valence electrons. The zero-order chi connectivity index (χ0) is 13.8. The van der Waals surface area contributed by atoms with Crippen LogP contribution in [-0.4, -0.2) is 5.11 Å². The monoisotopic (exact) mass is 272 g/mol. The van der Waals surface area contributed by atoms with E-state index in [1.807, 2.05) is 12.1 Å². The first-order valence-corrected chi connectivity index (χ1v) is 7.44. The van der Waals surface area contributed by atoms with Gasteiger partial charge in [-0.3, -0.25) is 0 Å². The first-order chi connectivity index (χ1) is 9.06. The molecule has 1 atom stereocenters. The molecular formula is C17H20OS. The minimum atomic E-state index is -0.399. The van der Waals surface area contributed by atoms with Crippen LogP contribution in [0.25, 0.3) is 0 Å². The molecule has 0 aliphatic rings. The third kappa shape index (κ3) is 3.85.